The molecule has 1 aromatic heterocycles. The minimum atomic E-state index is -4.33. The van der Waals surface area contributed by atoms with Crippen molar-refractivity contribution in [2.24, 2.45) is 7.05 Å². The van der Waals surface area contributed by atoms with Gasteiger partial charge in [-0.2, -0.15) is 13.2 Å². The normalized spacial score (nSPS) is 13.4. The van der Waals surface area contributed by atoms with Crippen LogP contribution in [-0.2, 0) is 26.1 Å². The molecule has 1 heterocycles. The Morgan fingerprint density at radius 3 is 2.35 bits per heavy atom. The number of halogens is 3. The Hall–Kier alpha value is -1.82. The zero-order valence-corrected chi connectivity index (χ0v) is 10.9. The highest BCUT2D eigenvalue weighted by atomic mass is 19.4. The molecule has 1 atom stereocenters. The third kappa shape index (κ3) is 3.60. The lowest BCUT2D eigenvalue weighted by Crippen LogP contribution is -2.16. The number of rotatable bonds is 4. The molecule has 2 aromatic rings. The van der Waals surface area contributed by atoms with Crippen LogP contribution in [0.5, 0.6) is 0 Å². The average molecular weight is 284 g/mol. The van der Waals surface area contributed by atoms with E-state index in [1.54, 1.807) is 17.0 Å². The van der Waals surface area contributed by atoms with Gasteiger partial charge in [-0.25, -0.2) is 4.98 Å². The van der Waals surface area contributed by atoms with Crippen molar-refractivity contribution in [3.05, 3.63) is 53.6 Å². The molecule has 0 saturated carbocycles. The van der Waals surface area contributed by atoms with Crippen LogP contribution in [0.2, 0.25) is 0 Å². The van der Waals surface area contributed by atoms with Crippen LogP contribution in [0.3, 0.4) is 0 Å². The second-order valence-electron chi connectivity index (χ2n) is 4.71. The van der Waals surface area contributed by atoms with E-state index >= 15 is 0 Å². The van der Waals surface area contributed by atoms with E-state index in [4.69, 9.17) is 0 Å². The summed E-state index contributed by atoms with van der Waals surface area (Å²) in [7, 11) is 1.83. The van der Waals surface area contributed by atoms with Crippen LogP contribution in [0.4, 0.5) is 13.2 Å². The number of benzene rings is 1. The molecule has 0 fully saturated rings. The van der Waals surface area contributed by atoms with E-state index in [0.717, 1.165) is 18.0 Å². The number of nitrogens with zero attached hydrogens (tertiary/aromatic N) is 2. The number of alkyl halides is 3. The van der Waals surface area contributed by atoms with Gasteiger partial charge < -0.3 is 9.67 Å². The first kappa shape index (κ1) is 14.6. The molecule has 0 aliphatic rings. The van der Waals surface area contributed by atoms with Crippen molar-refractivity contribution in [1.29, 1.82) is 0 Å². The molecule has 1 N–H and O–H groups in total. The molecular formula is C14H15F3N2O. The molecule has 6 heteroatoms. The van der Waals surface area contributed by atoms with E-state index in [1.807, 2.05) is 7.05 Å². The molecule has 20 heavy (non-hydrogen) atoms. The summed E-state index contributed by atoms with van der Waals surface area (Å²) in [6.07, 6.45) is -0.923. The third-order valence-corrected chi connectivity index (χ3v) is 3.09. The quantitative estimate of drug-likeness (QED) is 0.937. The first-order valence-corrected chi connectivity index (χ1v) is 6.16. The largest absolute Gasteiger partial charge is 0.416 e. The Kier molecular flexibility index (Phi) is 4.13. The number of aryl methyl sites for hydroxylation is 1. The molecular weight excluding hydrogens is 269 g/mol. The summed E-state index contributed by atoms with van der Waals surface area (Å²) in [5, 5.41) is 9.95. The van der Waals surface area contributed by atoms with Gasteiger partial charge in [0.2, 0.25) is 0 Å². The smallest absolute Gasteiger partial charge is 0.392 e. The molecule has 1 unspecified atom stereocenters. The van der Waals surface area contributed by atoms with Crippen LogP contribution in [0, 0.1) is 0 Å². The molecule has 0 aliphatic carbocycles. The van der Waals surface area contributed by atoms with Crippen molar-refractivity contribution >= 4 is 0 Å². The Morgan fingerprint density at radius 1 is 1.20 bits per heavy atom. The lowest BCUT2D eigenvalue weighted by molar-refractivity contribution is -0.137. The molecule has 0 aliphatic heterocycles. The van der Waals surface area contributed by atoms with Gasteiger partial charge in [-0.15, -0.1) is 0 Å². The van der Waals surface area contributed by atoms with Gasteiger partial charge in [-0.05, 0) is 24.1 Å². The van der Waals surface area contributed by atoms with Crippen LogP contribution in [-0.4, -0.2) is 20.8 Å². The van der Waals surface area contributed by atoms with Gasteiger partial charge in [-0.3, -0.25) is 0 Å². The number of aliphatic hydroxyl groups excluding tert-OH is 1. The van der Waals surface area contributed by atoms with Gasteiger partial charge in [0.15, 0.2) is 0 Å². The predicted octanol–water partition coefficient (Wildman–Crippen LogP) is 2.59. The summed E-state index contributed by atoms with van der Waals surface area (Å²) in [4.78, 5) is 4.10. The second kappa shape index (κ2) is 5.66. The first-order chi connectivity index (χ1) is 9.36. The monoisotopic (exact) mass is 284 g/mol. The topological polar surface area (TPSA) is 38.0 Å². The van der Waals surface area contributed by atoms with Gasteiger partial charge in [0.25, 0.3) is 0 Å². The predicted molar refractivity (Wildman–Crippen MR) is 68.1 cm³/mol. The first-order valence-electron chi connectivity index (χ1n) is 6.16. The summed E-state index contributed by atoms with van der Waals surface area (Å²) in [5.41, 5.74) is -0.0143. The third-order valence-electron chi connectivity index (χ3n) is 3.09. The highest BCUT2D eigenvalue weighted by molar-refractivity contribution is 5.25. The maximum Gasteiger partial charge on any atom is 0.416 e. The van der Waals surface area contributed by atoms with Crippen LogP contribution in [0.1, 0.15) is 17.0 Å². The Morgan fingerprint density at radius 2 is 1.85 bits per heavy atom. The van der Waals surface area contributed by atoms with Gasteiger partial charge in [0.05, 0.1) is 11.7 Å². The Balaban J connectivity index is 1.98. The van der Waals surface area contributed by atoms with Crippen LogP contribution < -0.4 is 0 Å². The van der Waals surface area contributed by atoms with Crippen molar-refractivity contribution in [3.63, 3.8) is 0 Å². The number of imidazole rings is 1. The van der Waals surface area contributed by atoms with E-state index in [1.165, 1.54) is 12.1 Å². The van der Waals surface area contributed by atoms with Gasteiger partial charge in [0, 0.05) is 25.9 Å². The molecule has 0 bridgehead atoms. The lowest BCUT2D eigenvalue weighted by atomic mass is 10.0. The summed E-state index contributed by atoms with van der Waals surface area (Å²) < 4.78 is 39.1. The van der Waals surface area contributed by atoms with Crippen molar-refractivity contribution in [3.8, 4) is 0 Å². The average Bonchev–Trinajstić information content (AvgIpc) is 2.74. The van der Waals surface area contributed by atoms with Gasteiger partial charge in [0.1, 0.15) is 5.82 Å². The highest BCUT2D eigenvalue weighted by Crippen LogP contribution is 2.29. The number of aromatic nitrogens is 2. The molecule has 0 radical (unpaired) electrons. The maximum absolute atomic E-state index is 12.4. The fraction of sp³-hybridized carbons (Fsp3) is 0.357. The zero-order valence-electron chi connectivity index (χ0n) is 10.9. The fourth-order valence-electron chi connectivity index (χ4n) is 1.98. The van der Waals surface area contributed by atoms with Crippen molar-refractivity contribution in [1.82, 2.24) is 9.55 Å². The highest BCUT2D eigenvalue weighted by Gasteiger charge is 2.29. The molecule has 2 rings (SSSR count). The van der Waals surface area contributed by atoms with Crippen molar-refractivity contribution in [2.45, 2.75) is 25.1 Å². The van der Waals surface area contributed by atoms with E-state index < -0.39 is 17.8 Å². The van der Waals surface area contributed by atoms with Crippen LogP contribution in [0.15, 0.2) is 36.7 Å². The molecule has 108 valence electrons. The second-order valence-corrected chi connectivity index (χ2v) is 4.71. The minimum Gasteiger partial charge on any atom is -0.392 e. The minimum absolute atomic E-state index is 0.297. The van der Waals surface area contributed by atoms with E-state index in [0.29, 0.717) is 18.4 Å². The summed E-state index contributed by atoms with van der Waals surface area (Å²) in [6, 6.07) is 4.85. The lowest BCUT2D eigenvalue weighted by Gasteiger charge is -2.12. The van der Waals surface area contributed by atoms with Crippen molar-refractivity contribution in [2.75, 3.05) is 0 Å². The number of hydrogen-bond acceptors (Lipinski definition) is 2. The fourth-order valence-corrected chi connectivity index (χ4v) is 1.98. The number of aliphatic hydroxyl groups is 1. The van der Waals surface area contributed by atoms with Gasteiger partial charge >= 0.3 is 6.18 Å². The Bertz CT molecular complexity index is 561. The van der Waals surface area contributed by atoms with E-state index in [9.17, 15) is 18.3 Å². The molecule has 0 saturated heterocycles. The van der Waals surface area contributed by atoms with Gasteiger partial charge in [-0.1, -0.05) is 12.1 Å². The SMILES string of the molecule is Cn1ccnc1CC(O)Cc1ccc(C(F)(F)F)cc1. The molecule has 0 spiro atoms. The number of hydrogen-bond donors (Lipinski definition) is 1. The molecule has 3 nitrogen and oxygen atoms in total. The summed E-state index contributed by atoms with van der Waals surface area (Å²) in [5.74, 6) is 0.740. The summed E-state index contributed by atoms with van der Waals surface area (Å²) >= 11 is 0. The van der Waals surface area contributed by atoms with Crippen molar-refractivity contribution < 1.29 is 18.3 Å². The maximum atomic E-state index is 12.4. The van der Waals surface area contributed by atoms with E-state index in [2.05, 4.69) is 4.98 Å². The summed E-state index contributed by atoms with van der Waals surface area (Å²) in [6.45, 7) is 0. The zero-order chi connectivity index (χ0) is 14.8. The molecule has 1 aromatic carbocycles. The van der Waals surface area contributed by atoms with Crippen LogP contribution >= 0.6 is 0 Å². The van der Waals surface area contributed by atoms with Crippen LogP contribution in [0.25, 0.3) is 0 Å². The Labute approximate surface area is 114 Å². The molecule has 0 amide bonds. The standard InChI is InChI=1S/C14H15F3N2O/c1-19-7-6-18-13(19)9-12(20)8-10-2-4-11(5-3-10)14(15,16)17/h2-7,12,20H,8-9H2,1H3. The van der Waals surface area contributed by atoms with E-state index in [-0.39, 0.29) is 0 Å².